The van der Waals surface area contributed by atoms with Crippen LogP contribution in [0, 0.1) is 0 Å². The number of benzene rings is 6. The number of halogens is 1. The van der Waals surface area contributed by atoms with Crippen LogP contribution in [0.15, 0.2) is 182 Å². The highest BCUT2D eigenvalue weighted by Crippen LogP contribution is 2.38. The van der Waals surface area contributed by atoms with Crippen molar-refractivity contribution in [1.29, 1.82) is 0 Å². The fraction of sp³-hybridized carbons (Fsp3) is 0.0638. The van der Waals surface area contributed by atoms with Crippen LogP contribution in [0.1, 0.15) is 39.6 Å². The van der Waals surface area contributed by atoms with Crippen molar-refractivity contribution in [2.45, 2.75) is 20.3 Å². The van der Waals surface area contributed by atoms with Gasteiger partial charge in [0.25, 0.3) is 5.24 Å². The second-order valence-electron chi connectivity index (χ2n) is 11.6. The van der Waals surface area contributed by atoms with E-state index in [1.807, 2.05) is 123 Å². The maximum absolute atomic E-state index is 12.6. The van der Waals surface area contributed by atoms with Gasteiger partial charge in [-0.15, -0.1) is 11.3 Å². The molecular weight excluding hydrogens is 738 g/mol. The number of thiazole rings is 2. The average molecular weight is 778 g/mol. The van der Waals surface area contributed by atoms with Gasteiger partial charge in [0.1, 0.15) is 5.01 Å². The molecule has 5 nitrogen and oxygen atoms in total. The van der Waals surface area contributed by atoms with Crippen LogP contribution in [-0.4, -0.2) is 21.0 Å². The molecule has 0 amide bonds. The van der Waals surface area contributed by atoms with Gasteiger partial charge in [0, 0.05) is 22.3 Å². The minimum Gasteiger partial charge on any atom is -0.375 e. The molecule has 55 heavy (non-hydrogen) atoms. The molecule has 2 aromatic heterocycles. The van der Waals surface area contributed by atoms with Crippen LogP contribution in [0.2, 0.25) is 0 Å². The van der Waals surface area contributed by atoms with E-state index in [-0.39, 0.29) is 5.78 Å². The third-order valence-corrected chi connectivity index (χ3v) is 10.1. The van der Waals surface area contributed by atoms with Crippen molar-refractivity contribution < 1.29 is 9.59 Å². The van der Waals surface area contributed by atoms with E-state index in [1.54, 1.807) is 35.6 Å². The molecule has 8 rings (SSSR count). The van der Waals surface area contributed by atoms with E-state index in [0.717, 1.165) is 54.0 Å². The summed E-state index contributed by atoms with van der Waals surface area (Å²) >= 11 is 8.29. The summed E-state index contributed by atoms with van der Waals surface area (Å²) in [5, 5.41) is 1.04. The number of aromatic nitrogens is 2. The summed E-state index contributed by atoms with van der Waals surface area (Å²) in [4.78, 5) is 34.5. The molecule has 0 aliphatic heterocycles. The first-order valence-electron chi connectivity index (χ1n) is 17.8. The monoisotopic (exact) mass is 777 g/mol. The Kier molecular flexibility index (Phi) is 15.4. The summed E-state index contributed by atoms with van der Waals surface area (Å²) in [5.74, 6) is 0.0959. The topological polar surface area (TPSA) is 85.9 Å². The van der Waals surface area contributed by atoms with Crippen LogP contribution in [-0.2, 0) is 6.42 Å². The zero-order valence-corrected chi connectivity index (χ0v) is 32.9. The highest BCUT2D eigenvalue weighted by Gasteiger charge is 2.17. The maximum atomic E-state index is 12.6. The Hall–Kier alpha value is -5.99. The van der Waals surface area contributed by atoms with Crippen molar-refractivity contribution in [3.63, 3.8) is 0 Å². The summed E-state index contributed by atoms with van der Waals surface area (Å²) < 4.78 is 0. The minimum atomic E-state index is -0.407. The number of nitrogen functional groups attached to an aromatic ring is 1. The highest BCUT2D eigenvalue weighted by molar-refractivity contribution is 7.19. The molecule has 0 saturated heterocycles. The number of rotatable bonds is 8. The molecule has 2 N–H and O–H groups in total. The molecule has 0 unspecified atom stereocenters. The molecule has 0 radical (unpaired) electrons. The van der Waals surface area contributed by atoms with Gasteiger partial charge in [0.2, 0.25) is 0 Å². The third kappa shape index (κ3) is 11.5. The zero-order valence-electron chi connectivity index (χ0n) is 30.5. The number of hydrogen-bond donors (Lipinski definition) is 1. The van der Waals surface area contributed by atoms with Crippen LogP contribution < -0.4 is 5.73 Å². The molecule has 2 heterocycles. The van der Waals surface area contributed by atoms with Crippen LogP contribution in [0.5, 0.6) is 0 Å². The summed E-state index contributed by atoms with van der Waals surface area (Å²) in [6, 6.07) is 58.9. The zero-order chi connectivity index (χ0) is 38.8. The van der Waals surface area contributed by atoms with Gasteiger partial charge in [0.15, 0.2) is 10.9 Å². The largest absolute Gasteiger partial charge is 0.375 e. The highest BCUT2D eigenvalue weighted by atomic mass is 35.5. The SMILES string of the molecule is CC.Nc1nc(-c2ccccc2)c(-c2ccccc2)s1.O=C(Cc1nc(-c2ccccc2)c(-c2ccccc2)s1)c1ccccc1.O=C(Cl)c1ccccc1. The lowest BCUT2D eigenvalue weighted by atomic mass is 10.1. The Bertz CT molecular complexity index is 2240. The Balaban J connectivity index is 0.000000173. The van der Waals surface area contributed by atoms with Gasteiger partial charge in [-0.05, 0) is 22.7 Å². The summed E-state index contributed by atoms with van der Waals surface area (Å²) in [6.45, 7) is 4.00. The van der Waals surface area contributed by atoms with E-state index >= 15 is 0 Å². The molecule has 8 aromatic rings. The molecular formula is C47H40ClN3O2S2. The van der Waals surface area contributed by atoms with E-state index in [1.165, 1.54) is 11.3 Å². The molecule has 6 aromatic carbocycles. The lowest BCUT2D eigenvalue weighted by molar-refractivity contribution is 0.0992. The Morgan fingerprint density at radius 3 is 1.24 bits per heavy atom. The maximum Gasteiger partial charge on any atom is 0.252 e. The van der Waals surface area contributed by atoms with E-state index < -0.39 is 5.24 Å². The fourth-order valence-corrected chi connectivity index (χ4v) is 7.44. The van der Waals surface area contributed by atoms with E-state index in [2.05, 4.69) is 53.5 Å². The van der Waals surface area contributed by atoms with Gasteiger partial charge in [0.05, 0.1) is 27.6 Å². The van der Waals surface area contributed by atoms with Crippen LogP contribution in [0.25, 0.3) is 43.4 Å². The summed E-state index contributed by atoms with van der Waals surface area (Å²) in [7, 11) is 0. The van der Waals surface area contributed by atoms with Crippen molar-refractivity contribution in [1.82, 2.24) is 9.97 Å². The van der Waals surface area contributed by atoms with Gasteiger partial charge in [-0.25, -0.2) is 9.97 Å². The molecule has 0 fully saturated rings. The number of ketones is 1. The van der Waals surface area contributed by atoms with Gasteiger partial charge in [-0.2, -0.15) is 0 Å². The molecule has 0 aliphatic rings. The standard InChI is InChI=1S/C23H17NOS.C15H12N2S.C7H5ClO.C2H6/c25-20(17-10-4-1-5-11-17)16-21-24-22(18-12-6-2-7-13-18)23(26-21)19-14-8-3-9-15-19;16-15-17-13(11-7-3-1-4-8-11)14(18-15)12-9-5-2-6-10-12;8-7(9)6-4-2-1-3-5-6;1-2/h1-15H,16H2;1-10H,(H2,16,17);1-5H;1-2H3. The van der Waals surface area contributed by atoms with E-state index in [0.29, 0.717) is 17.1 Å². The summed E-state index contributed by atoms with van der Waals surface area (Å²) in [5.41, 5.74) is 13.5. The first kappa shape index (κ1) is 40.2. The van der Waals surface area contributed by atoms with Crippen molar-refractivity contribution in [3.8, 4) is 43.4 Å². The third-order valence-electron chi connectivity index (χ3n) is 7.89. The Morgan fingerprint density at radius 2 is 0.836 bits per heavy atom. The smallest absolute Gasteiger partial charge is 0.252 e. The lowest BCUT2D eigenvalue weighted by Crippen LogP contribution is -2.02. The van der Waals surface area contributed by atoms with Crippen molar-refractivity contribution in [3.05, 3.63) is 198 Å². The van der Waals surface area contributed by atoms with Crippen LogP contribution in [0.3, 0.4) is 0 Å². The molecule has 0 bridgehead atoms. The molecule has 0 aliphatic carbocycles. The van der Waals surface area contributed by atoms with Crippen LogP contribution in [0.4, 0.5) is 5.13 Å². The van der Waals surface area contributed by atoms with E-state index in [9.17, 15) is 9.59 Å². The first-order valence-corrected chi connectivity index (χ1v) is 19.8. The molecule has 8 heteroatoms. The second kappa shape index (κ2) is 21.0. The number of Topliss-reactive ketones (excluding diaryl/α,β-unsaturated/α-hetero) is 1. The van der Waals surface area contributed by atoms with Crippen LogP contribution >= 0.6 is 34.3 Å². The van der Waals surface area contributed by atoms with E-state index in [4.69, 9.17) is 22.3 Å². The molecule has 274 valence electrons. The van der Waals surface area contributed by atoms with Gasteiger partial charge in [-0.3, -0.25) is 9.59 Å². The molecule has 0 spiro atoms. The van der Waals surface area contributed by atoms with Crippen molar-refractivity contribution in [2.75, 3.05) is 5.73 Å². The van der Waals surface area contributed by atoms with Crippen molar-refractivity contribution >= 4 is 50.4 Å². The molecule has 0 atom stereocenters. The fourth-order valence-electron chi connectivity index (χ4n) is 5.36. The number of carbonyl (C=O) groups is 2. The number of nitrogens with zero attached hydrogens (tertiary/aromatic N) is 2. The lowest BCUT2D eigenvalue weighted by Gasteiger charge is -2.02. The van der Waals surface area contributed by atoms with Gasteiger partial charge < -0.3 is 5.73 Å². The van der Waals surface area contributed by atoms with Crippen molar-refractivity contribution in [2.24, 2.45) is 0 Å². The first-order chi connectivity index (χ1) is 27.0. The van der Waals surface area contributed by atoms with Gasteiger partial charge >= 0.3 is 0 Å². The predicted octanol–water partition coefficient (Wildman–Crippen LogP) is 13.1. The predicted molar refractivity (Wildman–Crippen MR) is 233 cm³/mol. The normalized spacial score (nSPS) is 10.0. The number of hydrogen-bond acceptors (Lipinski definition) is 7. The average Bonchev–Trinajstić information content (AvgIpc) is 3.87. The number of carbonyl (C=O) groups excluding carboxylic acids is 2. The summed E-state index contributed by atoms with van der Waals surface area (Å²) in [6.07, 6.45) is 0.321. The van der Waals surface area contributed by atoms with Gasteiger partial charge in [-0.1, -0.05) is 207 Å². The molecule has 0 saturated carbocycles. The Labute approximate surface area is 335 Å². The number of nitrogens with two attached hydrogens (primary N) is 1. The number of anilines is 1. The second-order valence-corrected chi connectivity index (χ2v) is 14.0. The minimum absolute atomic E-state index is 0.0959. The quantitative estimate of drug-likeness (QED) is 0.123. The Morgan fingerprint density at radius 1 is 0.491 bits per heavy atom.